The molecule has 5 N–H and O–H groups in total. The molecule has 1 aromatic carbocycles. The van der Waals surface area contributed by atoms with Crippen molar-refractivity contribution in [3.05, 3.63) is 21.8 Å². The van der Waals surface area contributed by atoms with Crippen LogP contribution in [0.5, 0.6) is 0 Å². The van der Waals surface area contributed by atoms with Crippen LogP contribution in [0.3, 0.4) is 0 Å². The highest BCUT2D eigenvalue weighted by Gasteiger charge is 2.16. The molecule has 0 saturated carbocycles. The van der Waals surface area contributed by atoms with Crippen molar-refractivity contribution in [3.63, 3.8) is 0 Å². The molecule has 0 unspecified atom stereocenters. The molecule has 0 saturated heterocycles. The smallest absolute Gasteiger partial charge is 0.320 e. The van der Waals surface area contributed by atoms with E-state index in [2.05, 4.69) is 5.32 Å². The van der Waals surface area contributed by atoms with Gasteiger partial charge in [-0.3, -0.25) is 14.1 Å². The average Bonchev–Trinajstić information content (AvgIpc) is 2.34. The van der Waals surface area contributed by atoms with Crippen molar-refractivity contribution >= 4 is 50.3 Å². The van der Waals surface area contributed by atoms with Crippen LogP contribution in [0.15, 0.2) is 23.1 Å². The molecule has 0 aliphatic heterocycles. The maximum atomic E-state index is 11.6. The molecular formula is C11H13IN2O6S. The van der Waals surface area contributed by atoms with Gasteiger partial charge in [-0.1, -0.05) is 0 Å². The number of anilines is 1. The number of carboxylic acids is 1. The molecular weight excluding hydrogens is 415 g/mol. The van der Waals surface area contributed by atoms with Gasteiger partial charge in [0, 0.05) is 15.7 Å². The minimum Gasteiger partial charge on any atom is -0.480 e. The minimum absolute atomic E-state index is 0.0125. The lowest BCUT2D eigenvalue weighted by molar-refractivity contribution is -0.138. The van der Waals surface area contributed by atoms with Crippen LogP contribution < -0.4 is 11.1 Å². The first-order valence-corrected chi connectivity index (χ1v) is 8.18. The van der Waals surface area contributed by atoms with Gasteiger partial charge in [0.05, 0.1) is 0 Å². The molecule has 0 bridgehead atoms. The van der Waals surface area contributed by atoms with E-state index in [9.17, 15) is 18.0 Å². The van der Waals surface area contributed by atoms with Crippen molar-refractivity contribution in [2.24, 2.45) is 5.73 Å². The van der Waals surface area contributed by atoms with Crippen LogP contribution in [-0.4, -0.2) is 36.0 Å². The lowest BCUT2D eigenvalue weighted by Crippen LogP contribution is -2.31. The quantitative estimate of drug-likeness (QED) is 0.385. The van der Waals surface area contributed by atoms with Gasteiger partial charge < -0.3 is 16.2 Å². The number of rotatable bonds is 6. The zero-order valence-electron chi connectivity index (χ0n) is 10.6. The fourth-order valence-corrected chi connectivity index (χ4v) is 3.32. The van der Waals surface area contributed by atoms with E-state index in [1.54, 1.807) is 22.6 Å². The first-order valence-electron chi connectivity index (χ1n) is 5.66. The van der Waals surface area contributed by atoms with Crippen molar-refractivity contribution in [1.29, 1.82) is 0 Å². The summed E-state index contributed by atoms with van der Waals surface area (Å²) in [7, 11) is -4.31. The number of nitrogens with two attached hydrogens (primary N) is 1. The standard InChI is InChI=1S/C11H13IN2O6S/c12-7-5-6(1-3-9(7)21(18,19)20)14-10(15)4-2-8(13)11(16)17/h1,3,5,8H,2,4,13H2,(H,14,15)(H,16,17)(H,18,19,20)/t8-/m0/s1. The van der Waals surface area contributed by atoms with Gasteiger partial charge in [-0.2, -0.15) is 8.42 Å². The molecule has 10 heteroatoms. The number of carbonyl (C=O) groups is 2. The zero-order valence-corrected chi connectivity index (χ0v) is 13.6. The number of hydrogen-bond acceptors (Lipinski definition) is 5. The summed E-state index contributed by atoms with van der Waals surface area (Å²) < 4.78 is 31.2. The van der Waals surface area contributed by atoms with Gasteiger partial charge in [0.2, 0.25) is 5.91 Å². The van der Waals surface area contributed by atoms with Crippen molar-refractivity contribution in [2.45, 2.75) is 23.8 Å². The number of benzene rings is 1. The predicted molar refractivity (Wildman–Crippen MR) is 82.4 cm³/mol. The van der Waals surface area contributed by atoms with Gasteiger partial charge in [-0.15, -0.1) is 0 Å². The van der Waals surface area contributed by atoms with Crippen molar-refractivity contribution in [2.75, 3.05) is 5.32 Å². The van der Waals surface area contributed by atoms with E-state index in [4.69, 9.17) is 15.4 Å². The van der Waals surface area contributed by atoms with Gasteiger partial charge in [0.15, 0.2) is 0 Å². The molecule has 0 aromatic heterocycles. The Balaban J connectivity index is 2.70. The Morgan fingerprint density at radius 1 is 1.38 bits per heavy atom. The largest absolute Gasteiger partial charge is 0.480 e. The minimum atomic E-state index is -4.31. The number of nitrogens with one attached hydrogen (secondary N) is 1. The Morgan fingerprint density at radius 3 is 2.48 bits per heavy atom. The Morgan fingerprint density at radius 2 is 2.00 bits per heavy atom. The molecule has 21 heavy (non-hydrogen) atoms. The lowest BCUT2D eigenvalue weighted by Gasteiger charge is -2.09. The second-order valence-electron chi connectivity index (χ2n) is 4.15. The summed E-state index contributed by atoms with van der Waals surface area (Å²) in [6, 6.07) is 2.74. The third-order valence-electron chi connectivity index (χ3n) is 2.49. The van der Waals surface area contributed by atoms with Gasteiger partial charge >= 0.3 is 5.97 Å². The summed E-state index contributed by atoms with van der Waals surface area (Å²) >= 11 is 1.71. The van der Waals surface area contributed by atoms with Crippen LogP contribution in [0.4, 0.5) is 5.69 Å². The Kier molecular flexibility index (Phi) is 6.07. The number of hydrogen-bond donors (Lipinski definition) is 4. The number of carboxylic acid groups (broad SMARTS) is 1. The summed E-state index contributed by atoms with van der Waals surface area (Å²) in [6.45, 7) is 0. The molecule has 8 nitrogen and oxygen atoms in total. The molecule has 0 fully saturated rings. The Labute approximate surface area is 134 Å². The normalized spacial score (nSPS) is 12.7. The second-order valence-corrected chi connectivity index (χ2v) is 6.70. The monoisotopic (exact) mass is 428 g/mol. The SMILES string of the molecule is N[C@@H](CCC(=O)Nc1ccc(S(=O)(=O)O)c(I)c1)C(=O)O. The van der Waals surface area contributed by atoms with E-state index in [0.717, 1.165) is 6.07 Å². The maximum absolute atomic E-state index is 11.6. The van der Waals surface area contributed by atoms with Crippen molar-refractivity contribution in [1.82, 2.24) is 0 Å². The van der Waals surface area contributed by atoms with E-state index >= 15 is 0 Å². The maximum Gasteiger partial charge on any atom is 0.320 e. The lowest BCUT2D eigenvalue weighted by atomic mass is 10.1. The Hall–Kier alpha value is -1.24. The highest BCUT2D eigenvalue weighted by Crippen LogP contribution is 2.22. The van der Waals surface area contributed by atoms with Crippen LogP contribution in [0.2, 0.25) is 0 Å². The molecule has 0 spiro atoms. The third-order valence-corrected chi connectivity index (χ3v) is 4.66. The number of amides is 1. The molecule has 0 radical (unpaired) electrons. The summed E-state index contributed by atoms with van der Waals surface area (Å²) in [5, 5.41) is 11.1. The van der Waals surface area contributed by atoms with E-state index in [-0.39, 0.29) is 21.3 Å². The van der Waals surface area contributed by atoms with Crippen molar-refractivity contribution in [3.8, 4) is 0 Å². The molecule has 1 rings (SSSR count). The van der Waals surface area contributed by atoms with Crippen LogP contribution in [0, 0.1) is 3.57 Å². The Bertz CT molecular complexity index is 661. The molecule has 116 valence electrons. The van der Waals surface area contributed by atoms with Crippen LogP contribution in [-0.2, 0) is 19.7 Å². The molecule has 0 aliphatic carbocycles. The highest BCUT2D eigenvalue weighted by atomic mass is 127. The van der Waals surface area contributed by atoms with Gasteiger partial charge in [0.25, 0.3) is 10.1 Å². The van der Waals surface area contributed by atoms with Crippen LogP contribution >= 0.6 is 22.6 Å². The summed E-state index contributed by atoms with van der Waals surface area (Å²) in [5.74, 6) is -1.63. The first kappa shape index (κ1) is 17.8. The van der Waals surface area contributed by atoms with E-state index in [1.165, 1.54) is 12.1 Å². The zero-order chi connectivity index (χ0) is 16.2. The summed E-state index contributed by atoms with van der Waals surface area (Å²) in [4.78, 5) is 21.9. The fraction of sp³-hybridized carbons (Fsp3) is 0.273. The summed E-state index contributed by atoms with van der Waals surface area (Å²) in [6.07, 6.45) is -0.0918. The number of carbonyl (C=O) groups excluding carboxylic acids is 1. The summed E-state index contributed by atoms with van der Waals surface area (Å²) in [5.41, 5.74) is 5.61. The molecule has 0 heterocycles. The van der Waals surface area contributed by atoms with Crippen molar-refractivity contribution < 1.29 is 27.7 Å². The topological polar surface area (TPSA) is 147 Å². The van der Waals surface area contributed by atoms with Gasteiger partial charge in [-0.05, 0) is 47.2 Å². The van der Waals surface area contributed by atoms with E-state index in [1.807, 2.05) is 0 Å². The van der Waals surface area contributed by atoms with Gasteiger partial charge in [0.1, 0.15) is 10.9 Å². The first-order chi connectivity index (χ1) is 9.61. The molecule has 0 aliphatic rings. The van der Waals surface area contributed by atoms with E-state index < -0.39 is 28.0 Å². The van der Waals surface area contributed by atoms with Gasteiger partial charge in [-0.25, -0.2) is 0 Å². The second kappa shape index (κ2) is 7.15. The highest BCUT2D eigenvalue weighted by molar-refractivity contribution is 14.1. The third kappa shape index (κ3) is 5.57. The molecule has 1 aromatic rings. The fourth-order valence-electron chi connectivity index (χ4n) is 1.42. The van der Waals surface area contributed by atoms with Crippen LogP contribution in [0.25, 0.3) is 0 Å². The number of aliphatic carboxylic acids is 1. The molecule has 1 amide bonds. The predicted octanol–water partition coefficient (Wildman–Crippen LogP) is 0.668. The number of halogens is 1. The average molecular weight is 428 g/mol. The van der Waals surface area contributed by atoms with Crippen LogP contribution in [0.1, 0.15) is 12.8 Å². The molecule has 1 atom stereocenters. The van der Waals surface area contributed by atoms with E-state index in [0.29, 0.717) is 5.69 Å².